The molecule has 0 aromatic carbocycles. The van der Waals surface area contributed by atoms with Crippen LogP contribution < -0.4 is 34.3 Å². The molecule has 0 N–H and O–H groups in total. The Labute approximate surface area is 403 Å². The maximum atomic E-state index is 10.7. The van der Waals surface area contributed by atoms with Gasteiger partial charge < -0.3 is 43.4 Å². The van der Waals surface area contributed by atoms with E-state index in [1.165, 1.54) is 0 Å². The first-order valence-electron chi connectivity index (χ1n) is 3.65. The predicted octanol–water partition coefficient (Wildman–Crippen LogP) is -7.93. The zero-order chi connectivity index (χ0) is 17.3. The minimum Gasteiger partial charge on any atom is -0.790 e. The molecule has 0 aliphatic rings. The Bertz CT molecular complexity index is 571. The minimum absolute atomic E-state index is 0. The van der Waals surface area contributed by atoms with Crippen molar-refractivity contribution in [3.63, 3.8) is 0 Å². The third kappa shape index (κ3) is 43.4. The summed E-state index contributed by atoms with van der Waals surface area (Å²) in [5, 5.41) is 0. The third-order valence-electron chi connectivity index (χ3n) is 0.800. The molecule has 29 heavy (non-hydrogen) atoms. The van der Waals surface area contributed by atoms with Crippen LogP contribution in [-0.4, -0.2) is 302 Å². The van der Waals surface area contributed by atoms with E-state index >= 15 is 0 Å². The SMILES string of the molecule is O=P([O-])([O-])OP(=O)([O-])OP(=O)([O-])OP(=O)([O-])OP(=O)([O-])[O-].[Ca+2].[Ca+2].[Ca+2].[Ca+2].[Ca+2].[Ca+2].[Ca+2].[Ca+2]. The first-order chi connectivity index (χ1) is 8.83. The summed E-state index contributed by atoms with van der Waals surface area (Å²) in [5.41, 5.74) is 0. The molecule has 0 spiro atoms. The summed E-state index contributed by atoms with van der Waals surface area (Å²) in [4.78, 5) is 71.5. The van der Waals surface area contributed by atoms with Crippen molar-refractivity contribution in [1.82, 2.24) is 0 Å². The van der Waals surface area contributed by atoms with Crippen LogP contribution in [0, 0.1) is 0 Å². The quantitative estimate of drug-likeness (QED) is 0.165. The second-order valence-corrected chi connectivity index (χ2v) is 9.65. The fraction of sp³-hybridized carbons (Fsp3) is 0. The predicted molar refractivity (Wildman–Crippen MR) is 88.4 cm³/mol. The molecule has 0 heterocycles. The fourth-order valence-corrected chi connectivity index (χ4v) is 5.62. The smallest absolute Gasteiger partial charge is 0.790 e. The molecule has 0 aliphatic heterocycles. The van der Waals surface area contributed by atoms with Crippen molar-refractivity contribution in [2.45, 2.75) is 0 Å². The van der Waals surface area contributed by atoms with Gasteiger partial charge in [-0.15, -0.1) is 0 Å². The Kier molecular flexibility index (Phi) is 60.1. The Balaban J connectivity index is -0.0000000714. The number of hydrogen-bond donors (Lipinski definition) is 0. The van der Waals surface area contributed by atoms with Crippen LogP contribution in [0.15, 0.2) is 0 Å². The molecule has 0 aromatic rings. The van der Waals surface area contributed by atoms with Gasteiger partial charge in [-0.1, -0.05) is 0 Å². The van der Waals surface area contributed by atoms with Crippen LogP contribution in [0.4, 0.5) is 0 Å². The van der Waals surface area contributed by atoms with Gasteiger partial charge in [0.2, 0.25) is 0 Å². The van der Waals surface area contributed by atoms with E-state index in [1.807, 2.05) is 0 Å². The monoisotopic (exact) mass is 730 g/mol. The van der Waals surface area contributed by atoms with Crippen LogP contribution in [0.5, 0.6) is 0 Å². The van der Waals surface area contributed by atoms with Gasteiger partial charge in [0, 0.05) is 0 Å². The van der Waals surface area contributed by atoms with Crippen molar-refractivity contribution in [3.05, 3.63) is 0 Å². The van der Waals surface area contributed by atoms with Crippen molar-refractivity contribution in [2.24, 2.45) is 0 Å². The molecule has 0 rings (SSSR count). The van der Waals surface area contributed by atoms with E-state index in [0.29, 0.717) is 0 Å². The van der Waals surface area contributed by atoms with E-state index in [2.05, 4.69) is 17.2 Å². The topological polar surface area (TPSA) is 284 Å². The molecule has 0 bridgehead atoms. The van der Waals surface area contributed by atoms with Gasteiger partial charge in [0.15, 0.2) is 0 Å². The van der Waals surface area contributed by atoms with Crippen molar-refractivity contribution in [1.29, 1.82) is 0 Å². The third-order valence-corrected chi connectivity index (χ3v) is 7.20. The van der Waals surface area contributed by atoms with Gasteiger partial charge in [0.1, 0.15) is 0 Å². The molecule has 2 atom stereocenters. The van der Waals surface area contributed by atoms with Crippen molar-refractivity contribution >= 4 is 341 Å². The van der Waals surface area contributed by atoms with E-state index in [4.69, 9.17) is 0 Å². The summed E-state index contributed by atoms with van der Waals surface area (Å²) in [6.07, 6.45) is 0. The molecule has 16 nitrogen and oxygen atoms in total. The molecule has 0 radical (unpaired) electrons. The maximum Gasteiger partial charge on any atom is 2.00 e. The molecule has 0 saturated carbocycles. The standard InChI is InChI=1S/8Ca.H7O16P5/c;;;;;;;;1-17(2,3)13-19(7,8)15-21(11,12)16-20(9,10)14-18(4,5)6/h;;;;;;;;(H,7,8)(H,9,10)(H,11,12)(H2,1,2,3)(H2,4,5,6)/q8*+2;/p-7. The normalized spacial score (nSPS) is 16.0. The molecule has 2 unspecified atom stereocenters. The van der Waals surface area contributed by atoms with E-state index < -0.39 is 39.1 Å². The van der Waals surface area contributed by atoms with Crippen LogP contribution in [0.25, 0.3) is 0 Å². The van der Waals surface area contributed by atoms with Crippen LogP contribution in [0.3, 0.4) is 0 Å². The van der Waals surface area contributed by atoms with Gasteiger partial charge in [0.05, 0.1) is 15.6 Å². The second-order valence-electron chi connectivity index (χ2n) is 2.56. The number of phosphoric acid groups is 5. The number of hydrogen-bond acceptors (Lipinski definition) is 16. The molecule has 0 saturated heterocycles. The van der Waals surface area contributed by atoms with Gasteiger partial charge in [-0.05, 0) is 0 Å². The van der Waals surface area contributed by atoms with Crippen LogP contribution >= 0.6 is 39.1 Å². The Morgan fingerprint density at radius 2 is 0.483 bits per heavy atom. The fourth-order valence-electron chi connectivity index (χ4n) is 0.535. The summed E-state index contributed by atoms with van der Waals surface area (Å²) in [6.45, 7) is 0. The summed E-state index contributed by atoms with van der Waals surface area (Å²) in [6, 6.07) is 0. The first kappa shape index (κ1) is 63.2. The molecule has 0 amide bonds. The molecule has 0 aromatic heterocycles. The van der Waals surface area contributed by atoms with Gasteiger partial charge in [0.25, 0.3) is 23.5 Å². The molecule has 0 aliphatic carbocycles. The minimum atomic E-state index is -6.56. The Morgan fingerprint density at radius 1 is 0.345 bits per heavy atom. The van der Waals surface area contributed by atoms with Crippen LogP contribution in [-0.2, 0) is 40.1 Å². The number of rotatable bonds is 8. The summed E-state index contributed by atoms with van der Waals surface area (Å²) >= 11 is 0. The average molecular weight is 731 g/mol. The molecular formula is Ca8O16P5+9. The van der Waals surface area contributed by atoms with E-state index in [9.17, 15) is 57.1 Å². The van der Waals surface area contributed by atoms with Crippen molar-refractivity contribution in [3.8, 4) is 0 Å². The van der Waals surface area contributed by atoms with Gasteiger partial charge in [-0.2, -0.15) is 0 Å². The van der Waals surface area contributed by atoms with Crippen molar-refractivity contribution in [2.75, 3.05) is 0 Å². The molecule has 0 fully saturated rings. The average Bonchev–Trinajstić information content (AvgIpc) is 1.83. The van der Waals surface area contributed by atoms with E-state index in [1.54, 1.807) is 0 Å². The van der Waals surface area contributed by atoms with Crippen molar-refractivity contribution < 1.29 is 74.3 Å². The zero-order valence-corrected chi connectivity index (χ0v) is 36.6. The summed E-state index contributed by atoms with van der Waals surface area (Å²) in [7, 11) is -32.1. The second kappa shape index (κ2) is 27.6. The molecule has 128 valence electrons. The Hall–Kier alpha value is 10.8. The van der Waals surface area contributed by atoms with Gasteiger partial charge in [-0.25, -0.2) is 8.62 Å². The van der Waals surface area contributed by atoms with E-state index in [0.717, 1.165) is 0 Å². The summed E-state index contributed by atoms with van der Waals surface area (Å²) in [5.74, 6) is 0. The largest absolute Gasteiger partial charge is 2.00 e. The van der Waals surface area contributed by atoms with E-state index in [-0.39, 0.29) is 302 Å². The Morgan fingerprint density at radius 3 is 0.621 bits per heavy atom. The zero-order valence-electron chi connectivity index (χ0n) is 14.4. The van der Waals surface area contributed by atoms with Crippen LogP contribution in [0.2, 0.25) is 0 Å². The maximum absolute atomic E-state index is 10.7. The first-order valence-corrected chi connectivity index (χ1v) is 11.0. The molecular weight excluding hydrogens is 731 g/mol. The van der Waals surface area contributed by atoms with Crippen LogP contribution in [0.1, 0.15) is 0 Å². The van der Waals surface area contributed by atoms with Gasteiger partial charge >= 0.3 is 302 Å². The summed E-state index contributed by atoms with van der Waals surface area (Å²) < 4.78 is 62.6. The van der Waals surface area contributed by atoms with Gasteiger partial charge in [-0.3, -0.25) is 22.3 Å². The molecule has 29 heteroatoms.